The van der Waals surface area contributed by atoms with Crippen molar-refractivity contribution in [3.05, 3.63) is 65.2 Å². The van der Waals surface area contributed by atoms with Gasteiger partial charge in [-0.25, -0.2) is 4.39 Å². The number of nitrogens with two attached hydrogens (primary N) is 1. The predicted octanol–water partition coefficient (Wildman–Crippen LogP) is 3.48. The van der Waals surface area contributed by atoms with Crippen LogP contribution in [-0.2, 0) is 12.6 Å². The first-order valence-corrected chi connectivity index (χ1v) is 5.89. The lowest BCUT2D eigenvalue weighted by atomic mass is 9.99. The molecule has 0 aliphatic rings. The number of hydrogen-bond donors (Lipinski definition) is 1. The minimum Gasteiger partial charge on any atom is -0.324 e. The van der Waals surface area contributed by atoms with E-state index in [-0.39, 0.29) is 12.0 Å². The summed E-state index contributed by atoms with van der Waals surface area (Å²) in [5.74, 6) is -0.563. The molecule has 106 valence electrons. The minimum atomic E-state index is -4.40. The Morgan fingerprint density at radius 3 is 2.60 bits per heavy atom. The van der Waals surface area contributed by atoms with Crippen LogP contribution < -0.4 is 5.73 Å². The van der Waals surface area contributed by atoms with Crippen LogP contribution in [-0.4, -0.2) is 4.98 Å². The van der Waals surface area contributed by atoms with Gasteiger partial charge in [0.2, 0.25) is 0 Å². The second kappa shape index (κ2) is 5.58. The second-order valence-electron chi connectivity index (χ2n) is 4.41. The number of aromatic nitrogens is 1. The molecule has 0 bridgehead atoms. The Morgan fingerprint density at radius 1 is 1.20 bits per heavy atom. The molecule has 0 amide bonds. The van der Waals surface area contributed by atoms with Gasteiger partial charge in [-0.1, -0.05) is 18.2 Å². The highest BCUT2D eigenvalue weighted by Crippen LogP contribution is 2.30. The average Bonchev–Trinajstić information content (AvgIpc) is 2.38. The number of halogens is 4. The Bertz CT molecular complexity index is 596. The maximum absolute atomic E-state index is 13.5. The van der Waals surface area contributed by atoms with Gasteiger partial charge in [-0.05, 0) is 24.1 Å². The third-order valence-corrected chi connectivity index (χ3v) is 2.91. The van der Waals surface area contributed by atoms with E-state index in [4.69, 9.17) is 5.73 Å². The number of benzene rings is 1. The van der Waals surface area contributed by atoms with Crippen molar-refractivity contribution in [2.75, 3.05) is 0 Å². The standard InChI is InChI=1S/C14H12F4N2/c15-12-8-20-5-4-11(12)13(19)7-9-2-1-3-10(6-9)14(16,17)18/h1-6,8,13H,7,19H2. The molecule has 1 unspecified atom stereocenters. The van der Waals surface area contributed by atoms with E-state index in [1.807, 2.05) is 0 Å². The SMILES string of the molecule is NC(Cc1cccc(C(F)(F)F)c1)c1ccncc1F. The van der Waals surface area contributed by atoms with E-state index in [0.29, 0.717) is 5.56 Å². The van der Waals surface area contributed by atoms with Gasteiger partial charge >= 0.3 is 6.18 Å². The summed E-state index contributed by atoms with van der Waals surface area (Å²) in [6, 6.07) is 5.57. The van der Waals surface area contributed by atoms with Gasteiger partial charge in [0.15, 0.2) is 0 Å². The van der Waals surface area contributed by atoms with Crippen LogP contribution >= 0.6 is 0 Å². The molecule has 0 aliphatic carbocycles. The van der Waals surface area contributed by atoms with Gasteiger partial charge in [-0.2, -0.15) is 13.2 Å². The smallest absolute Gasteiger partial charge is 0.324 e. The van der Waals surface area contributed by atoms with Gasteiger partial charge in [0, 0.05) is 17.8 Å². The number of pyridine rings is 1. The normalized spacial score (nSPS) is 13.2. The molecule has 1 aromatic carbocycles. The topological polar surface area (TPSA) is 38.9 Å². The summed E-state index contributed by atoms with van der Waals surface area (Å²) < 4.78 is 51.3. The van der Waals surface area contributed by atoms with Crippen molar-refractivity contribution in [3.8, 4) is 0 Å². The maximum atomic E-state index is 13.5. The van der Waals surface area contributed by atoms with Crippen LogP contribution in [0.25, 0.3) is 0 Å². The third-order valence-electron chi connectivity index (χ3n) is 2.91. The lowest BCUT2D eigenvalue weighted by Crippen LogP contribution is -2.15. The van der Waals surface area contributed by atoms with Crippen molar-refractivity contribution < 1.29 is 17.6 Å². The number of rotatable bonds is 3. The predicted molar refractivity (Wildman–Crippen MR) is 66.3 cm³/mol. The van der Waals surface area contributed by atoms with Crippen molar-refractivity contribution in [1.29, 1.82) is 0 Å². The molecule has 0 spiro atoms. The molecule has 1 heterocycles. The summed E-state index contributed by atoms with van der Waals surface area (Å²) in [5.41, 5.74) is 5.74. The van der Waals surface area contributed by atoms with Gasteiger partial charge in [0.1, 0.15) is 5.82 Å². The quantitative estimate of drug-likeness (QED) is 0.876. The molecule has 1 atom stereocenters. The van der Waals surface area contributed by atoms with Crippen LogP contribution in [0.15, 0.2) is 42.7 Å². The Labute approximate surface area is 113 Å². The summed E-state index contributed by atoms with van der Waals surface area (Å²) in [5, 5.41) is 0. The molecule has 6 heteroatoms. The highest BCUT2D eigenvalue weighted by Gasteiger charge is 2.30. The van der Waals surface area contributed by atoms with Crippen molar-refractivity contribution in [2.45, 2.75) is 18.6 Å². The molecule has 0 aliphatic heterocycles. The van der Waals surface area contributed by atoms with Crippen LogP contribution in [0.3, 0.4) is 0 Å². The lowest BCUT2D eigenvalue weighted by molar-refractivity contribution is -0.137. The highest BCUT2D eigenvalue weighted by atomic mass is 19.4. The zero-order valence-corrected chi connectivity index (χ0v) is 10.4. The minimum absolute atomic E-state index is 0.116. The van der Waals surface area contributed by atoms with E-state index in [1.165, 1.54) is 24.4 Å². The molecule has 1 aromatic heterocycles. The van der Waals surface area contributed by atoms with E-state index in [2.05, 4.69) is 4.98 Å². The van der Waals surface area contributed by atoms with E-state index >= 15 is 0 Å². The largest absolute Gasteiger partial charge is 0.416 e. The molecule has 0 saturated carbocycles. The molecule has 2 aromatic rings. The van der Waals surface area contributed by atoms with Crippen molar-refractivity contribution in [2.24, 2.45) is 5.73 Å². The van der Waals surface area contributed by atoms with Gasteiger partial charge < -0.3 is 5.73 Å². The van der Waals surface area contributed by atoms with E-state index in [9.17, 15) is 17.6 Å². The van der Waals surface area contributed by atoms with Crippen LogP contribution in [0.4, 0.5) is 17.6 Å². The number of hydrogen-bond acceptors (Lipinski definition) is 2. The van der Waals surface area contributed by atoms with Gasteiger partial charge in [0.05, 0.1) is 11.8 Å². The van der Waals surface area contributed by atoms with Crippen LogP contribution in [0.1, 0.15) is 22.7 Å². The summed E-state index contributed by atoms with van der Waals surface area (Å²) >= 11 is 0. The van der Waals surface area contributed by atoms with Gasteiger partial charge in [-0.15, -0.1) is 0 Å². The molecule has 2 rings (SSSR count). The summed E-state index contributed by atoms with van der Waals surface area (Å²) in [6.07, 6.45) is -1.86. The van der Waals surface area contributed by atoms with Crippen LogP contribution in [0.2, 0.25) is 0 Å². The first kappa shape index (κ1) is 14.5. The first-order valence-electron chi connectivity index (χ1n) is 5.89. The summed E-state index contributed by atoms with van der Waals surface area (Å²) in [4.78, 5) is 3.60. The molecule has 0 radical (unpaired) electrons. The highest BCUT2D eigenvalue weighted by molar-refractivity contribution is 5.28. The Hall–Kier alpha value is -1.95. The first-order chi connectivity index (χ1) is 9.38. The molecular formula is C14H12F4N2. The van der Waals surface area contributed by atoms with Gasteiger partial charge in [-0.3, -0.25) is 4.98 Å². The fraction of sp³-hybridized carbons (Fsp3) is 0.214. The molecule has 0 fully saturated rings. The monoisotopic (exact) mass is 284 g/mol. The van der Waals surface area contributed by atoms with E-state index < -0.39 is 23.6 Å². The lowest BCUT2D eigenvalue weighted by Gasteiger charge is -2.14. The van der Waals surface area contributed by atoms with Crippen molar-refractivity contribution in [1.82, 2.24) is 4.98 Å². The van der Waals surface area contributed by atoms with Crippen LogP contribution in [0.5, 0.6) is 0 Å². The number of nitrogens with zero attached hydrogens (tertiary/aromatic N) is 1. The molecular weight excluding hydrogens is 272 g/mol. The van der Waals surface area contributed by atoms with E-state index in [0.717, 1.165) is 18.3 Å². The van der Waals surface area contributed by atoms with Crippen molar-refractivity contribution >= 4 is 0 Å². The molecule has 2 N–H and O–H groups in total. The zero-order chi connectivity index (χ0) is 14.8. The summed E-state index contributed by atoms with van der Waals surface area (Å²) in [6.45, 7) is 0. The van der Waals surface area contributed by atoms with Gasteiger partial charge in [0.25, 0.3) is 0 Å². The Balaban J connectivity index is 2.20. The Morgan fingerprint density at radius 2 is 1.95 bits per heavy atom. The molecule has 2 nitrogen and oxygen atoms in total. The van der Waals surface area contributed by atoms with Crippen LogP contribution in [0, 0.1) is 5.82 Å². The fourth-order valence-corrected chi connectivity index (χ4v) is 1.93. The maximum Gasteiger partial charge on any atom is 0.416 e. The second-order valence-corrected chi connectivity index (χ2v) is 4.41. The zero-order valence-electron chi connectivity index (χ0n) is 10.4. The molecule has 0 saturated heterocycles. The fourth-order valence-electron chi connectivity index (χ4n) is 1.93. The molecule has 20 heavy (non-hydrogen) atoms. The summed E-state index contributed by atoms with van der Waals surface area (Å²) in [7, 11) is 0. The van der Waals surface area contributed by atoms with Crippen molar-refractivity contribution in [3.63, 3.8) is 0 Å². The number of alkyl halides is 3. The average molecular weight is 284 g/mol. The van der Waals surface area contributed by atoms with E-state index in [1.54, 1.807) is 0 Å². The third kappa shape index (κ3) is 3.33. The Kier molecular flexibility index (Phi) is 4.04.